The van der Waals surface area contributed by atoms with Gasteiger partial charge in [0, 0.05) is 19.3 Å². The number of hydrogen-bond acceptors (Lipinski definition) is 4. The minimum Gasteiger partial charge on any atom is -0.495 e. The largest absolute Gasteiger partial charge is 0.495 e. The van der Waals surface area contributed by atoms with E-state index in [9.17, 15) is 4.79 Å². The van der Waals surface area contributed by atoms with Crippen molar-refractivity contribution < 1.29 is 9.53 Å². The molecule has 0 bridgehead atoms. The zero-order valence-corrected chi connectivity index (χ0v) is 15.0. The number of pyridine rings is 1. The summed E-state index contributed by atoms with van der Waals surface area (Å²) >= 11 is 0. The normalized spacial score (nSPS) is 20.2. The Morgan fingerprint density at radius 1 is 1.16 bits per heavy atom. The molecule has 1 N–H and O–H groups in total. The number of carbonyl (C=O) groups excluding carboxylic acids is 1. The quantitative estimate of drug-likeness (QED) is 0.916. The van der Waals surface area contributed by atoms with Gasteiger partial charge < -0.3 is 15.0 Å². The van der Waals surface area contributed by atoms with Crippen molar-refractivity contribution in [3.05, 3.63) is 48.2 Å². The fourth-order valence-corrected chi connectivity index (χ4v) is 3.55. The molecule has 0 saturated carbocycles. The smallest absolute Gasteiger partial charge is 0.257 e. The average molecular weight is 339 g/mol. The second-order valence-corrected chi connectivity index (χ2v) is 6.88. The first-order valence-corrected chi connectivity index (χ1v) is 8.72. The zero-order chi connectivity index (χ0) is 17.8. The number of carbonyl (C=O) groups is 1. The third kappa shape index (κ3) is 3.92. The van der Waals surface area contributed by atoms with Crippen LogP contribution in [0.5, 0.6) is 5.75 Å². The van der Waals surface area contributed by atoms with Crippen LogP contribution < -0.4 is 10.1 Å². The lowest BCUT2D eigenvalue weighted by atomic mass is 9.91. The number of aromatic nitrogens is 1. The van der Waals surface area contributed by atoms with Crippen LogP contribution in [-0.4, -0.2) is 36.0 Å². The van der Waals surface area contributed by atoms with Crippen molar-refractivity contribution in [2.75, 3.05) is 25.5 Å². The Balaban J connectivity index is 1.87. The number of para-hydroxylation sites is 2. The molecule has 1 saturated heterocycles. The number of benzene rings is 1. The van der Waals surface area contributed by atoms with E-state index in [0.717, 1.165) is 18.8 Å². The van der Waals surface area contributed by atoms with Crippen LogP contribution >= 0.6 is 0 Å². The van der Waals surface area contributed by atoms with E-state index < -0.39 is 0 Å². The SMILES string of the molecule is COc1ccccc1Nc1ncccc1C(=O)N1CC(C)CC(C)C1. The zero-order valence-electron chi connectivity index (χ0n) is 15.0. The molecule has 2 atom stereocenters. The number of nitrogens with zero attached hydrogens (tertiary/aromatic N) is 2. The number of amides is 1. The number of likely N-dealkylation sites (tertiary alicyclic amines) is 1. The van der Waals surface area contributed by atoms with Crippen molar-refractivity contribution in [3.63, 3.8) is 0 Å². The highest BCUT2D eigenvalue weighted by Crippen LogP contribution is 2.29. The van der Waals surface area contributed by atoms with E-state index in [-0.39, 0.29) is 5.91 Å². The highest BCUT2D eigenvalue weighted by atomic mass is 16.5. The monoisotopic (exact) mass is 339 g/mol. The molecule has 25 heavy (non-hydrogen) atoms. The Morgan fingerprint density at radius 3 is 2.60 bits per heavy atom. The maximum absolute atomic E-state index is 13.1. The van der Waals surface area contributed by atoms with E-state index in [1.54, 1.807) is 19.4 Å². The number of hydrogen-bond donors (Lipinski definition) is 1. The molecule has 1 aromatic carbocycles. The molecule has 2 aromatic rings. The summed E-state index contributed by atoms with van der Waals surface area (Å²) < 4.78 is 5.38. The Morgan fingerprint density at radius 2 is 1.88 bits per heavy atom. The Hall–Kier alpha value is -2.56. The number of piperidine rings is 1. The summed E-state index contributed by atoms with van der Waals surface area (Å²) in [6.07, 6.45) is 2.86. The third-order valence-electron chi connectivity index (χ3n) is 4.55. The maximum Gasteiger partial charge on any atom is 0.257 e. The molecule has 1 fully saturated rings. The van der Waals surface area contributed by atoms with Crippen LogP contribution in [0.4, 0.5) is 11.5 Å². The molecule has 1 aliphatic heterocycles. The van der Waals surface area contributed by atoms with Crippen LogP contribution in [0.2, 0.25) is 0 Å². The van der Waals surface area contributed by atoms with E-state index in [4.69, 9.17) is 4.74 Å². The molecule has 132 valence electrons. The van der Waals surface area contributed by atoms with Gasteiger partial charge in [0.05, 0.1) is 18.4 Å². The lowest BCUT2D eigenvalue weighted by Gasteiger charge is -2.35. The molecule has 0 aliphatic carbocycles. The number of anilines is 2. The summed E-state index contributed by atoms with van der Waals surface area (Å²) in [5, 5.41) is 3.25. The van der Waals surface area contributed by atoms with Gasteiger partial charge in [-0.15, -0.1) is 0 Å². The Labute approximate surface area is 149 Å². The summed E-state index contributed by atoms with van der Waals surface area (Å²) in [5.74, 6) is 2.35. The lowest BCUT2D eigenvalue weighted by Crippen LogP contribution is -2.42. The lowest BCUT2D eigenvalue weighted by molar-refractivity contribution is 0.0624. The highest BCUT2D eigenvalue weighted by molar-refractivity contribution is 5.99. The first kappa shape index (κ1) is 17.3. The van der Waals surface area contributed by atoms with Gasteiger partial charge in [-0.3, -0.25) is 4.79 Å². The molecule has 2 heterocycles. The van der Waals surface area contributed by atoms with Gasteiger partial charge in [-0.1, -0.05) is 26.0 Å². The van der Waals surface area contributed by atoms with E-state index in [2.05, 4.69) is 24.1 Å². The van der Waals surface area contributed by atoms with Gasteiger partial charge >= 0.3 is 0 Å². The molecule has 3 rings (SSSR count). The first-order valence-electron chi connectivity index (χ1n) is 8.72. The molecule has 0 radical (unpaired) electrons. The second kappa shape index (κ2) is 7.55. The minimum absolute atomic E-state index is 0.0314. The average Bonchev–Trinajstić information content (AvgIpc) is 2.61. The van der Waals surface area contributed by atoms with Gasteiger partial charge in [0.15, 0.2) is 0 Å². The summed E-state index contributed by atoms with van der Waals surface area (Å²) in [6.45, 7) is 6.00. The Kier molecular flexibility index (Phi) is 5.22. The topological polar surface area (TPSA) is 54.5 Å². The molecule has 1 aliphatic rings. The summed E-state index contributed by atoms with van der Waals surface area (Å²) in [5.41, 5.74) is 1.38. The Bertz CT molecular complexity index is 737. The van der Waals surface area contributed by atoms with Crippen LogP contribution in [0.15, 0.2) is 42.6 Å². The van der Waals surface area contributed by atoms with Gasteiger partial charge in [-0.2, -0.15) is 0 Å². The van der Waals surface area contributed by atoms with E-state index in [0.29, 0.717) is 29.0 Å². The first-order chi connectivity index (χ1) is 12.1. The predicted octanol–water partition coefficient (Wildman–Crippen LogP) is 3.95. The molecule has 1 aromatic heterocycles. The molecule has 0 spiro atoms. The summed E-state index contributed by atoms with van der Waals surface area (Å²) in [7, 11) is 1.63. The predicted molar refractivity (Wildman–Crippen MR) is 99.4 cm³/mol. The maximum atomic E-state index is 13.1. The standard InChI is InChI=1S/C20H25N3O2/c1-14-11-15(2)13-23(12-14)20(24)16-7-6-10-21-19(16)22-17-8-4-5-9-18(17)25-3/h4-10,14-15H,11-13H2,1-3H3,(H,21,22). The molecule has 5 heteroatoms. The summed E-state index contributed by atoms with van der Waals surface area (Å²) in [4.78, 5) is 19.4. The molecule has 1 amide bonds. The van der Waals surface area contributed by atoms with Crippen molar-refractivity contribution in [2.45, 2.75) is 20.3 Å². The number of rotatable bonds is 4. The van der Waals surface area contributed by atoms with Gasteiger partial charge in [0.1, 0.15) is 11.6 Å². The fraction of sp³-hybridized carbons (Fsp3) is 0.400. The van der Waals surface area contributed by atoms with Crippen molar-refractivity contribution in [3.8, 4) is 5.75 Å². The molecule has 5 nitrogen and oxygen atoms in total. The van der Waals surface area contributed by atoms with E-state index in [1.807, 2.05) is 35.2 Å². The van der Waals surface area contributed by atoms with Crippen molar-refractivity contribution in [2.24, 2.45) is 11.8 Å². The number of ether oxygens (including phenoxy) is 1. The van der Waals surface area contributed by atoms with Crippen LogP contribution in [0, 0.1) is 11.8 Å². The van der Waals surface area contributed by atoms with Crippen LogP contribution in [0.25, 0.3) is 0 Å². The molecular weight excluding hydrogens is 314 g/mol. The van der Waals surface area contributed by atoms with E-state index >= 15 is 0 Å². The van der Waals surface area contributed by atoms with Crippen LogP contribution in [0.1, 0.15) is 30.6 Å². The highest BCUT2D eigenvalue weighted by Gasteiger charge is 2.27. The molecule has 2 unspecified atom stereocenters. The van der Waals surface area contributed by atoms with E-state index in [1.165, 1.54) is 6.42 Å². The second-order valence-electron chi connectivity index (χ2n) is 6.88. The number of nitrogens with one attached hydrogen (secondary N) is 1. The van der Waals surface area contributed by atoms with Crippen LogP contribution in [0.3, 0.4) is 0 Å². The van der Waals surface area contributed by atoms with Crippen molar-refractivity contribution in [1.82, 2.24) is 9.88 Å². The van der Waals surface area contributed by atoms with Crippen molar-refractivity contribution >= 4 is 17.4 Å². The van der Waals surface area contributed by atoms with Gasteiger partial charge in [0.25, 0.3) is 5.91 Å². The van der Waals surface area contributed by atoms with Gasteiger partial charge in [-0.25, -0.2) is 4.98 Å². The number of methoxy groups -OCH3 is 1. The van der Waals surface area contributed by atoms with Crippen LogP contribution in [-0.2, 0) is 0 Å². The minimum atomic E-state index is 0.0314. The third-order valence-corrected chi connectivity index (χ3v) is 4.55. The fourth-order valence-electron chi connectivity index (χ4n) is 3.55. The summed E-state index contributed by atoms with van der Waals surface area (Å²) in [6, 6.07) is 11.2. The van der Waals surface area contributed by atoms with Crippen molar-refractivity contribution in [1.29, 1.82) is 0 Å². The molecular formula is C20H25N3O2. The van der Waals surface area contributed by atoms with Gasteiger partial charge in [-0.05, 0) is 42.5 Å². The van der Waals surface area contributed by atoms with Gasteiger partial charge in [0.2, 0.25) is 0 Å².